The predicted molar refractivity (Wildman–Crippen MR) is 100 cm³/mol. The number of hydrogen-bond donors (Lipinski definition) is 2. The molecule has 1 aliphatic heterocycles. The van der Waals surface area contributed by atoms with Gasteiger partial charge in [0, 0.05) is 23.9 Å². The van der Waals surface area contributed by atoms with E-state index in [1.54, 1.807) is 24.3 Å². The molecule has 0 radical (unpaired) electrons. The quantitative estimate of drug-likeness (QED) is 0.698. The Morgan fingerprint density at radius 2 is 1.81 bits per heavy atom. The van der Waals surface area contributed by atoms with Crippen molar-refractivity contribution in [1.82, 2.24) is 15.1 Å². The summed E-state index contributed by atoms with van der Waals surface area (Å²) in [4.78, 5) is 37.2. The van der Waals surface area contributed by atoms with Crippen molar-refractivity contribution in [1.29, 1.82) is 0 Å². The standard InChI is InChI=1S/C20H18N4O3/c1-12-2-7-16-15(10-12)19(23-22-16)20(27)21-14-5-3-13(4-6-14)11-24-17(25)8-9-18(24)26/h2-7,10H,8-9,11H2,1H3,(H,21,27)(H,22,23). The van der Waals surface area contributed by atoms with E-state index in [1.807, 2.05) is 25.1 Å². The summed E-state index contributed by atoms with van der Waals surface area (Å²) in [5.41, 5.74) is 3.64. The molecule has 7 heteroatoms. The van der Waals surface area contributed by atoms with Crippen LogP contribution in [0.2, 0.25) is 0 Å². The molecule has 0 spiro atoms. The van der Waals surface area contributed by atoms with Gasteiger partial charge in [-0.2, -0.15) is 5.10 Å². The van der Waals surface area contributed by atoms with Crippen LogP contribution in [-0.4, -0.2) is 32.8 Å². The molecule has 0 saturated carbocycles. The predicted octanol–water partition coefficient (Wildman–Crippen LogP) is 2.77. The first-order valence-electron chi connectivity index (χ1n) is 8.69. The van der Waals surface area contributed by atoms with Gasteiger partial charge in [-0.15, -0.1) is 0 Å². The second-order valence-corrected chi connectivity index (χ2v) is 6.65. The molecule has 0 bridgehead atoms. The minimum atomic E-state index is -0.301. The summed E-state index contributed by atoms with van der Waals surface area (Å²) in [5.74, 6) is -0.583. The first-order valence-corrected chi connectivity index (χ1v) is 8.69. The summed E-state index contributed by atoms with van der Waals surface area (Å²) in [5, 5.41) is 10.6. The Morgan fingerprint density at radius 1 is 1.11 bits per heavy atom. The summed E-state index contributed by atoms with van der Waals surface area (Å²) in [6.45, 7) is 2.22. The largest absolute Gasteiger partial charge is 0.321 e. The average molecular weight is 362 g/mol. The zero-order valence-electron chi connectivity index (χ0n) is 14.8. The van der Waals surface area contributed by atoms with Crippen LogP contribution in [0.4, 0.5) is 5.69 Å². The maximum Gasteiger partial charge on any atom is 0.276 e. The van der Waals surface area contributed by atoms with Crippen LogP contribution in [0.25, 0.3) is 10.9 Å². The summed E-state index contributed by atoms with van der Waals surface area (Å²) in [7, 11) is 0. The van der Waals surface area contributed by atoms with Gasteiger partial charge < -0.3 is 5.32 Å². The molecule has 0 unspecified atom stereocenters. The van der Waals surface area contributed by atoms with Crippen LogP contribution in [0.1, 0.15) is 34.5 Å². The highest BCUT2D eigenvalue weighted by molar-refractivity contribution is 6.11. The lowest BCUT2D eigenvalue weighted by Crippen LogP contribution is -2.28. The Bertz CT molecular complexity index is 1040. The number of nitrogens with one attached hydrogen (secondary N) is 2. The first-order chi connectivity index (χ1) is 13.0. The monoisotopic (exact) mass is 362 g/mol. The van der Waals surface area contributed by atoms with Crippen LogP contribution in [-0.2, 0) is 16.1 Å². The molecule has 1 aromatic heterocycles. The van der Waals surface area contributed by atoms with Gasteiger partial charge in [0.25, 0.3) is 5.91 Å². The number of hydrogen-bond acceptors (Lipinski definition) is 4. The van der Waals surface area contributed by atoms with Crippen molar-refractivity contribution in [2.75, 3.05) is 5.32 Å². The van der Waals surface area contributed by atoms with E-state index in [1.165, 1.54) is 4.90 Å². The minimum Gasteiger partial charge on any atom is -0.321 e. The summed E-state index contributed by atoms with van der Waals surface area (Å²) >= 11 is 0. The third-order valence-corrected chi connectivity index (χ3v) is 4.64. The fourth-order valence-electron chi connectivity index (χ4n) is 3.17. The maximum atomic E-state index is 12.6. The molecule has 3 amide bonds. The molecular formula is C20H18N4O3. The van der Waals surface area contributed by atoms with Crippen molar-refractivity contribution >= 4 is 34.3 Å². The van der Waals surface area contributed by atoms with E-state index in [4.69, 9.17) is 0 Å². The second-order valence-electron chi connectivity index (χ2n) is 6.65. The number of H-pyrrole nitrogens is 1. The SMILES string of the molecule is Cc1ccc2[nH]nc(C(=O)Nc3ccc(CN4C(=O)CCC4=O)cc3)c2c1. The van der Waals surface area contributed by atoms with Crippen molar-refractivity contribution in [3.63, 3.8) is 0 Å². The fraction of sp³-hybridized carbons (Fsp3) is 0.200. The average Bonchev–Trinajstić information content (AvgIpc) is 3.21. The Labute approximate surface area is 155 Å². The lowest BCUT2D eigenvalue weighted by atomic mass is 10.1. The van der Waals surface area contributed by atoms with Gasteiger partial charge in [-0.3, -0.25) is 24.4 Å². The highest BCUT2D eigenvalue weighted by Gasteiger charge is 2.28. The smallest absolute Gasteiger partial charge is 0.276 e. The van der Waals surface area contributed by atoms with Gasteiger partial charge in [0.15, 0.2) is 5.69 Å². The molecule has 2 heterocycles. The highest BCUT2D eigenvalue weighted by Crippen LogP contribution is 2.20. The van der Waals surface area contributed by atoms with E-state index >= 15 is 0 Å². The van der Waals surface area contributed by atoms with Crippen LogP contribution in [0.3, 0.4) is 0 Å². The number of amides is 3. The third kappa shape index (κ3) is 3.31. The van der Waals surface area contributed by atoms with E-state index in [9.17, 15) is 14.4 Å². The molecule has 1 saturated heterocycles. The van der Waals surface area contributed by atoms with E-state index in [2.05, 4.69) is 15.5 Å². The number of imide groups is 1. The summed E-state index contributed by atoms with van der Waals surface area (Å²) < 4.78 is 0. The van der Waals surface area contributed by atoms with Crippen molar-refractivity contribution in [2.24, 2.45) is 0 Å². The molecule has 27 heavy (non-hydrogen) atoms. The number of nitrogens with zero attached hydrogens (tertiary/aromatic N) is 2. The van der Waals surface area contributed by atoms with Gasteiger partial charge in [0.05, 0.1) is 12.1 Å². The van der Waals surface area contributed by atoms with Gasteiger partial charge in [0.2, 0.25) is 11.8 Å². The lowest BCUT2D eigenvalue weighted by Gasteiger charge is -2.14. The number of carbonyl (C=O) groups excluding carboxylic acids is 3. The third-order valence-electron chi connectivity index (χ3n) is 4.64. The number of aromatic amines is 1. The lowest BCUT2D eigenvalue weighted by molar-refractivity contribution is -0.139. The number of aromatic nitrogens is 2. The molecule has 2 N–H and O–H groups in total. The van der Waals surface area contributed by atoms with Crippen LogP contribution in [0, 0.1) is 6.92 Å². The van der Waals surface area contributed by atoms with E-state index in [-0.39, 0.29) is 37.1 Å². The topological polar surface area (TPSA) is 95.2 Å². The second kappa shape index (κ2) is 6.68. The molecule has 1 aliphatic rings. The van der Waals surface area contributed by atoms with E-state index < -0.39 is 0 Å². The fourth-order valence-corrected chi connectivity index (χ4v) is 3.17. The molecule has 7 nitrogen and oxygen atoms in total. The molecular weight excluding hydrogens is 344 g/mol. The Balaban J connectivity index is 1.48. The summed E-state index contributed by atoms with van der Waals surface area (Å²) in [6.07, 6.45) is 0.564. The minimum absolute atomic E-state index is 0.141. The van der Waals surface area contributed by atoms with Gasteiger partial charge in [-0.05, 0) is 36.8 Å². The number of anilines is 1. The Morgan fingerprint density at radius 3 is 2.52 bits per heavy atom. The molecule has 136 valence electrons. The number of aryl methyl sites for hydroxylation is 1. The number of carbonyl (C=O) groups is 3. The van der Waals surface area contributed by atoms with Crippen molar-refractivity contribution < 1.29 is 14.4 Å². The van der Waals surface area contributed by atoms with Gasteiger partial charge in [0.1, 0.15) is 0 Å². The number of fused-ring (bicyclic) bond motifs is 1. The van der Waals surface area contributed by atoms with Crippen molar-refractivity contribution in [3.8, 4) is 0 Å². The first kappa shape index (κ1) is 17.0. The number of likely N-dealkylation sites (tertiary alicyclic amines) is 1. The van der Waals surface area contributed by atoms with Crippen LogP contribution in [0.5, 0.6) is 0 Å². The van der Waals surface area contributed by atoms with Gasteiger partial charge in [-0.25, -0.2) is 0 Å². The van der Waals surface area contributed by atoms with Gasteiger partial charge >= 0.3 is 0 Å². The highest BCUT2D eigenvalue weighted by atomic mass is 16.2. The molecule has 1 fully saturated rings. The Kier molecular flexibility index (Phi) is 4.19. The van der Waals surface area contributed by atoms with E-state index in [0.717, 1.165) is 22.0 Å². The molecule has 2 aromatic carbocycles. The summed E-state index contributed by atoms with van der Waals surface area (Å²) in [6, 6.07) is 12.8. The number of benzene rings is 2. The zero-order valence-corrected chi connectivity index (χ0v) is 14.8. The van der Waals surface area contributed by atoms with Gasteiger partial charge in [-0.1, -0.05) is 23.8 Å². The Hall–Kier alpha value is -3.48. The van der Waals surface area contributed by atoms with Crippen LogP contribution < -0.4 is 5.32 Å². The molecule has 0 atom stereocenters. The van der Waals surface area contributed by atoms with Crippen molar-refractivity contribution in [2.45, 2.75) is 26.3 Å². The molecule has 3 aromatic rings. The zero-order chi connectivity index (χ0) is 19.0. The van der Waals surface area contributed by atoms with Crippen LogP contribution >= 0.6 is 0 Å². The maximum absolute atomic E-state index is 12.6. The molecule has 0 aliphatic carbocycles. The van der Waals surface area contributed by atoms with Crippen molar-refractivity contribution in [3.05, 3.63) is 59.3 Å². The van der Waals surface area contributed by atoms with Crippen LogP contribution in [0.15, 0.2) is 42.5 Å². The molecule has 4 rings (SSSR count). The van der Waals surface area contributed by atoms with E-state index in [0.29, 0.717) is 11.4 Å². The normalized spacial score (nSPS) is 14.2. The number of rotatable bonds is 4.